The molecule has 3 nitrogen and oxygen atoms in total. The average Bonchev–Trinajstić information content (AvgIpc) is 3.01. The van der Waals surface area contributed by atoms with Crippen molar-refractivity contribution in [2.45, 2.75) is 58.2 Å². The third-order valence-electron chi connectivity index (χ3n) is 4.77. The summed E-state index contributed by atoms with van der Waals surface area (Å²) in [4.78, 5) is 2.59. The standard InChI is InChI=1S/C18H28N2O/c1-4-20-10-6-9-16(20)13-19-12-15-8-5-7-14-11-18(2,3)21-17(14)15/h5,7-8,16,19H,4,6,9-13H2,1-3H3. The molecule has 0 radical (unpaired) electrons. The highest BCUT2D eigenvalue weighted by Gasteiger charge is 2.31. The van der Waals surface area contributed by atoms with Crippen LogP contribution in [0.5, 0.6) is 5.75 Å². The molecule has 0 amide bonds. The average molecular weight is 288 g/mol. The summed E-state index contributed by atoms with van der Waals surface area (Å²) in [5.41, 5.74) is 2.61. The van der Waals surface area contributed by atoms with Gasteiger partial charge in [0.15, 0.2) is 0 Å². The summed E-state index contributed by atoms with van der Waals surface area (Å²) in [5.74, 6) is 1.12. The van der Waals surface area contributed by atoms with Crippen LogP contribution in [-0.4, -0.2) is 36.2 Å². The second-order valence-electron chi connectivity index (χ2n) is 7.00. The second-order valence-corrected chi connectivity index (χ2v) is 7.00. The fourth-order valence-electron chi connectivity index (χ4n) is 3.73. The van der Waals surface area contributed by atoms with Crippen LogP contribution in [0.25, 0.3) is 0 Å². The van der Waals surface area contributed by atoms with Gasteiger partial charge in [-0.25, -0.2) is 0 Å². The van der Waals surface area contributed by atoms with Crippen molar-refractivity contribution in [2.24, 2.45) is 0 Å². The Kier molecular flexibility index (Phi) is 4.23. The number of ether oxygens (including phenoxy) is 1. The van der Waals surface area contributed by atoms with E-state index in [-0.39, 0.29) is 5.60 Å². The van der Waals surface area contributed by atoms with E-state index in [1.807, 2.05) is 0 Å². The first kappa shape index (κ1) is 14.9. The molecule has 2 aliphatic heterocycles. The predicted octanol–water partition coefficient (Wildman–Crippen LogP) is 2.97. The molecule has 2 aliphatic rings. The van der Waals surface area contributed by atoms with Gasteiger partial charge in [-0.15, -0.1) is 0 Å². The highest BCUT2D eigenvalue weighted by Crippen LogP contribution is 2.37. The number of para-hydroxylation sites is 1. The van der Waals surface area contributed by atoms with E-state index >= 15 is 0 Å². The Morgan fingerprint density at radius 3 is 3.05 bits per heavy atom. The molecule has 0 aliphatic carbocycles. The SMILES string of the molecule is CCN1CCCC1CNCc1cccc2c1OC(C)(C)C2. The molecule has 1 fully saturated rings. The second kappa shape index (κ2) is 5.98. The third-order valence-corrected chi connectivity index (χ3v) is 4.77. The van der Waals surface area contributed by atoms with Gasteiger partial charge in [0.05, 0.1) is 0 Å². The van der Waals surface area contributed by atoms with Gasteiger partial charge in [0.2, 0.25) is 0 Å². The highest BCUT2D eigenvalue weighted by molar-refractivity contribution is 5.45. The lowest BCUT2D eigenvalue weighted by Crippen LogP contribution is -2.37. The number of likely N-dealkylation sites (N-methyl/N-ethyl adjacent to an activating group) is 1. The molecule has 0 aromatic heterocycles. The molecule has 0 spiro atoms. The van der Waals surface area contributed by atoms with Gasteiger partial charge >= 0.3 is 0 Å². The first-order chi connectivity index (χ1) is 10.1. The van der Waals surface area contributed by atoms with Gasteiger partial charge in [-0.1, -0.05) is 25.1 Å². The Morgan fingerprint density at radius 1 is 1.38 bits per heavy atom. The Balaban J connectivity index is 1.59. The first-order valence-electron chi connectivity index (χ1n) is 8.33. The lowest BCUT2D eigenvalue weighted by molar-refractivity contribution is 0.137. The zero-order valence-corrected chi connectivity index (χ0v) is 13.6. The number of rotatable bonds is 5. The monoisotopic (exact) mass is 288 g/mol. The van der Waals surface area contributed by atoms with Crippen LogP contribution in [0.4, 0.5) is 0 Å². The fourth-order valence-corrected chi connectivity index (χ4v) is 3.73. The van der Waals surface area contributed by atoms with E-state index in [0.717, 1.165) is 25.3 Å². The van der Waals surface area contributed by atoms with Crippen LogP contribution in [0.3, 0.4) is 0 Å². The summed E-state index contributed by atoms with van der Waals surface area (Å²) in [6.45, 7) is 11.0. The van der Waals surface area contributed by atoms with Gasteiger partial charge < -0.3 is 10.1 Å². The molecule has 21 heavy (non-hydrogen) atoms. The maximum atomic E-state index is 6.14. The summed E-state index contributed by atoms with van der Waals surface area (Å²) >= 11 is 0. The minimum atomic E-state index is -0.0527. The van der Waals surface area contributed by atoms with E-state index in [2.05, 4.69) is 49.2 Å². The Bertz CT molecular complexity index is 498. The topological polar surface area (TPSA) is 24.5 Å². The molecular weight excluding hydrogens is 260 g/mol. The maximum Gasteiger partial charge on any atom is 0.127 e. The van der Waals surface area contributed by atoms with E-state index in [4.69, 9.17) is 4.74 Å². The van der Waals surface area contributed by atoms with Crippen LogP contribution in [0.15, 0.2) is 18.2 Å². The molecular formula is C18H28N2O. The van der Waals surface area contributed by atoms with Gasteiger partial charge in [-0.2, -0.15) is 0 Å². The number of nitrogens with one attached hydrogen (secondary N) is 1. The minimum Gasteiger partial charge on any atom is -0.487 e. The third kappa shape index (κ3) is 3.24. The molecule has 0 bridgehead atoms. The molecule has 0 saturated carbocycles. The fraction of sp³-hybridized carbons (Fsp3) is 0.667. The summed E-state index contributed by atoms with van der Waals surface area (Å²) in [7, 11) is 0. The molecule has 1 unspecified atom stereocenters. The lowest BCUT2D eigenvalue weighted by atomic mass is 10.0. The van der Waals surface area contributed by atoms with Gasteiger partial charge in [-0.3, -0.25) is 4.90 Å². The van der Waals surface area contributed by atoms with Crippen molar-refractivity contribution in [1.29, 1.82) is 0 Å². The quantitative estimate of drug-likeness (QED) is 0.901. The van der Waals surface area contributed by atoms with Gasteiger partial charge in [0, 0.05) is 31.1 Å². The van der Waals surface area contributed by atoms with Crippen molar-refractivity contribution in [1.82, 2.24) is 10.2 Å². The van der Waals surface area contributed by atoms with Crippen molar-refractivity contribution in [3.63, 3.8) is 0 Å². The molecule has 3 heteroatoms. The van der Waals surface area contributed by atoms with Crippen LogP contribution in [0.2, 0.25) is 0 Å². The molecule has 1 N–H and O–H groups in total. The van der Waals surface area contributed by atoms with Crippen LogP contribution < -0.4 is 10.1 Å². The van der Waals surface area contributed by atoms with Crippen molar-refractivity contribution < 1.29 is 4.74 Å². The number of benzene rings is 1. The summed E-state index contributed by atoms with van der Waals surface area (Å²) in [6, 6.07) is 7.27. The normalized spacial score (nSPS) is 24.0. The van der Waals surface area contributed by atoms with Gasteiger partial charge in [-0.05, 0) is 45.3 Å². The summed E-state index contributed by atoms with van der Waals surface area (Å²) < 4.78 is 6.14. The smallest absolute Gasteiger partial charge is 0.127 e. The van der Waals surface area contributed by atoms with Gasteiger partial charge in [0.25, 0.3) is 0 Å². The minimum absolute atomic E-state index is 0.0527. The highest BCUT2D eigenvalue weighted by atomic mass is 16.5. The molecule has 1 aromatic carbocycles. The zero-order chi connectivity index (χ0) is 14.9. The Hall–Kier alpha value is -1.06. The van der Waals surface area contributed by atoms with Crippen LogP contribution in [0, 0.1) is 0 Å². The number of nitrogens with zero attached hydrogens (tertiary/aromatic N) is 1. The molecule has 1 atom stereocenters. The van der Waals surface area contributed by atoms with Crippen LogP contribution in [-0.2, 0) is 13.0 Å². The van der Waals surface area contributed by atoms with Crippen molar-refractivity contribution in [2.75, 3.05) is 19.6 Å². The van der Waals surface area contributed by atoms with Crippen molar-refractivity contribution >= 4 is 0 Å². The molecule has 3 rings (SSSR count). The van der Waals surface area contributed by atoms with Crippen LogP contribution in [0.1, 0.15) is 44.7 Å². The van der Waals surface area contributed by atoms with E-state index in [0.29, 0.717) is 6.04 Å². The molecule has 2 heterocycles. The molecule has 1 aromatic rings. The van der Waals surface area contributed by atoms with Crippen LogP contribution >= 0.6 is 0 Å². The van der Waals surface area contributed by atoms with Gasteiger partial charge in [0.1, 0.15) is 11.4 Å². The first-order valence-corrected chi connectivity index (χ1v) is 8.33. The number of likely N-dealkylation sites (tertiary alicyclic amines) is 1. The number of hydrogen-bond acceptors (Lipinski definition) is 3. The number of hydrogen-bond donors (Lipinski definition) is 1. The largest absolute Gasteiger partial charge is 0.487 e. The summed E-state index contributed by atoms with van der Waals surface area (Å²) in [6.07, 6.45) is 3.69. The Labute approximate surface area is 128 Å². The zero-order valence-electron chi connectivity index (χ0n) is 13.6. The van der Waals surface area contributed by atoms with Crippen molar-refractivity contribution in [3.8, 4) is 5.75 Å². The summed E-state index contributed by atoms with van der Waals surface area (Å²) in [5, 5.41) is 3.64. The van der Waals surface area contributed by atoms with E-state index in [9.17, 15) is 0 Å². The Morgan fingerprint density at radius 2 is 2.24 bits per heavy atom. The number of fused-ring (bicyclic) bond motifs is 1. The molecule has 1 saturated heterocycles. The predicted molar refractivity (Wildman–Crippen MR) is 86.8 cm³/mol. The van der Waals surface area contributed by atoms with E-state index in [1.54, 1.807) is 0 Å². The van der Waals surface area contributed by atoms with E-state index in [1.165, 1.54) is 37.1 Å². The lowest BCUT2D eigenvalue weighted by Gasteiger charge is -2.23. The van der Waals surface area contributed by atoms with Crippen molar-refractivity contribution in [3.05, 3.63) is 29.3 Å². The molecule has 116 valence electrons. The van der Waals surface area contributed by atoms with E-state index < -0.39 is 0 Å². The maximum absolute atomic E-state index is 6.14.